The van der Waals surface area contributed by atoms with E-state index < -0.39 is 0 Å². The molecule has 0 saturated carbocycles. The fourth-order valence-electron chi connectivity index (χ4n) is 1.84. The van der Waals surface area contributed by atoms with Crippen LogP contribution in [0, 0.1) is 11.3 Å². The van der Waals surface area contributed by atoms with Gasteiger partial charge in [0.15, 0.2) is 5.78 Å². The summed E-state index contributed by atoms with van der Waals surface area (Å²) in [6.45, 7) is 1.48. The van der Waals surface area contributed by atoms with Gasteiger partial charge in [-0.1, -0.05) is 24.3 Å². The lowest BCUT2D eigenvalue weighted by Crippen LogP contribution is -2.08. The van der Waals surface area contributed by atoms with Gasteiger partial charge in [0.05, 0.1) is 11.6 Å². The molecule has 0 radical (unpaired) electrons. The molecule has 4 nitrogen and oxygen atoms in total. The molecular formula is C18H14N2O2. The maximum atomic E-state index is 11.9. The number of benzene rings is 2. The number of Topliss-reactive ketones (excluding diaryl/α,β-unsaturated/α-hetero) is 1. The maximum Gasteiger partial charge on any atom is 0.248 e. The smallest absolute Gasteiger partial charge is 0.248 e. The Kier molecular flexibility index (Phi) is 4.84. The van der Waals surface area contributed by atoms with Crippen LogP contribution in [0.1, 0.15) is 28.4 Å². The van der Waals surface area contributed by atoms with Gasteiger partial charge < -0.3 is 5.32 Å². The summed E-state index contributed by atoms with van der Waals surface area (Å²) >= 11 is 0. The number of nitriles is 1. The van der Waals surface area contributed by atoms with Crippen molar-refractivity contribution in [2.75, 3.05) is 5.32 Å². The van der Waals surface area contributed by atoms with Gasteiger partial charge in [-0.25, -0.2) is 0 Å². The summed E-state index contributed by atoms with van der Waals surface area (Å²) in [5.74, 6) is -0.339. The van der Waals surface area contributed by atoms with Crippen LogP contribution in [-0.4, -0.2) is 11.7 Å². The Morgan fingerprint density at radius 3 is 2.50 bits per heavy atom. The Morgan fingerprint density at radius 1 is 1.14 bits per heavy atom. The number of rotatable bonds is 4. The number of hydrogen-bond donors (Lipinski definition) is 1. The zero-order valence-electron chi connectivity index (χ0n) is 12.0. The summed E-state index contributed by atoms with van der Waals surface area (Å²) in [6, 6.07) is 15.7. The molecule has 0 bridgehead atoms. The highest BCUT2D eigenvalue weighted by Crippen LogP contribution is 2.11. The molecule has 2 rings (SSSR count). The molecule has 2 aromatic rings. The molecular weight excluding hydrogens is 276 g/mol. The summed E-state index contributed by atoms with van der Waals surface area (Å²) < 4.78 is 0. The second-order valence-corrected chi connectivity index (χ2v) is 4.69. The van der Waals surface area contributed by atoms with Gasteiger partial charge >= 0.3 is 0 Å². The zero-order chi connectivity index (χ0) is 15.9. The monoisotopic (exact) mass is 290 g/mol. The van der Waals surface area contributed by atoms with Crippen molar-refractivity contribution in [1.82, 2.24) is 0 Å². The number of amides is 1. The third kappa shape index (κ3) is 4.15. The third-order valence-corrected chi connectivity index (χ3v) is 3.00. The number of carbonyl (C=O) groups is 2. The molecule has 0 aliphatic carbocycles. The van der Waals surface area contributed by atoms with Crippen LogP contribution < -0.4 is 5.32 Å². The van der Waals surface area contributed by atoms with E-state index in [0.717, 1.165) is 5.56 Å². The largest absolute Gasteiger partial charge is 0.322 e. The summed E-state index contributed by atoms with van der Waals surface area (Å²) in [5.41, 5.74) is 2.52. The van der Waals surface area contributed by atoms with Crippen molar-refractivity contribution in [3.63, 3.8) is 0 Å². The van der Waals surface area contributed by atoms with Gasteiger partial charge in [-0.2, -0.15) is 5.26 Å². The van der Waals surface area contributed by atoms with Crippen molar-refractivity contribution < 1.29 is 9.59 Å². The van der Waals surface area contributed by atoms with Crippen LogP contribution >= 0.6 is 0 Å². The molecule has 0 aliphatic rings. The van der Waals surface area contributed by atoms with Crippen LogP contribution in [-0.2, 0) is 4.79 Å². The van der Waals surface area contributed by atoms with Crippen LogP contribution in [0.3, 0.4) is 0 Å². The van der Waals surface area contributed by atoms with E-state index in [1.165, 1.54) is 13.0 Å². The van der Waals surface area contributed by atoms with Crippen LogP contribution in [0.5, 0.6) is 0 Å². The van der Waals surface area contributed by atoms with Gasteiger partial charge in [-0.3, -0.25) is 9.59 Å². The molecule has 0 atom stereocenters. The molecule has 1 amide bonds. The van der Waals surface area contributed by atoms with E-state index in [9.17, 15) is 9.59 Å². The van der Waals surface area contributed by atoms with Crippen LogP contribution in [0.25, 0.3) is 6.08 Å². The minimum atomic E-state index is -0.287. The molecule has 0 aliphatic heterocycles. The fraction of sp³-hybridized carbons (Fsp3) is 0.0556. The van der Waals surface area contributed by atoms with Gasteiger partial charge in [-0.15, -0.1) is 0 Å². The Bertz CT molecular complexity index is 768. The lowest BCUT2D eigenvalue weighted by atomic mass is 10.1. The van der Waals surface area contributed by atoms with Crippen LogP contribution in [0.2, 0.25) is 0 Å². The van der Waals surface area contributed by atoms with Crippen molar-refractivity contribution in [1.29, 1.82) is 5.26 Å². The average molecular weight is 290 g/mol. The van der Waals surface area contributed by atoms with Crippen molar-refractivity contribution in [3.8, 4) is 6.07 Å². The van der Waals surface area contributed by atoms with E-state index in [4.69, 9.17) is 5.26 Å². The van der Waals surface area contributed by atoms with Crippen molar-refractivity contribution in [3.05, 3.63) is 71.3 Å². The third-order valence-electron chi connectivity index (χ3n) is 3.00. The minimum absolute atomic E-state index is 0.0516. The van der Waals surface area contributed by atoms with Crippen LogP contribution in [0.15, 0.2) is 54.6 Å². The first kappa shape index (κ1) is 15.2. The molecule has 22 heavy (non-hydrogen) atoms. The topological polar surface area (TPSA) is 70.0 Å². The number of ketones is 1. The van der Waals surface area contributed by atoms with E-state index in [-0.39, 0.29) is 11.7 Å². The molecule has 0 spiro atoms. The molecule has 1 N–H and O–H groups in total. The Morgan fingerprint density at radius 2 is 1.86 bits per heavy atom. The standard InChI is InChI=1S/C18H14N2O2/c1-13(21)16-3-2-4-17(11-16)20-18(22)10-9-14-5-7-15(12-19)8-6-14/h2-11H,1H3,(H,20,22). The predicted octanol–water partition coefficient (Wildman–Crippen LogP) is 3.41. The number of nitrogens with one attached hydrogen (secondary N) is 1. The molecule has 4 heteroatoms. The second-order valence-electron chi connectivity index (χ2n) is 4.69. The van der Waals surface area contributed by atoms with E-state index in [0.29, 0.717) is 16.8 Å². The molecule has 108 valence electrons. The molecule has 0 fully saturated rings. The highest BCUT2D eigenvalue weighted by molar-refractivity contribution is 6.03. The van der Waals surface area contributed by atoms with Gasteiger partial charge in [0.2, 0.25) is 5.91 Å². The number of hydrogen-bond acceptors (Lipinski definition) is 3. The number of nitrogens with zero attached hydrogens (tertiary/aromatic N) is 1. The van der Waals surface area contributed by atoms with Gasteiger partial charge in [0.1, 0.15) is 0 Å². The van der Waals surface area contributed by atoms with E-state index in [1.54, 1.807) is 54.6 Å². The summed E-state index contributed by atoms with van der Waals surface area (Å²) in [4.78, 5) is 23.2. The SMILES string of the molecule is CC(=O)c1cccc(NC(=O)C=Cc2ccc(C#N)cc2)c1. The second kappa shape index (κ2) is 7.00. The summed E-state index contributed by atoms with van der Waals surface area (Å²) in [5, 5.41) is 11.4. The quantitative estimate of drug-likeness (QED) is 0.693. The Hall–Kier alpha value is -3.19. The Labute approximate surface area is 128 Å². The lowest BCUT2D eigenvalue weighted by Gasteiger charge is -2.03. The van der Waals surface area contributed by atoms with E-state index in [2.05, 4.69) is 5.32 Å². The highest BCUT2D eigenvalue weighted by Gasteiger charge is 2.02. The molecule has 0 aromatic heterocycles. The zero-order valence-corrected chi connectivity index (χ0v) is 12.0. The fourth-order valence-corrected chi connectivity index (χ4v) is 1.84. The van der Waals surface area contributed by atoms with Crippen LogP contribution in [0.4, 0.5) is 5.69 Å². The van der Waals surface area contributed by atoms with E-state index >= 15 is 0 Å². The minimum Gasteiger partial charge on any atom is -0.322 e. The Balaban J connectivity index is 2.03. The average Bonchev–Trinajstić information content (AvgIpc) is 2.53. The number of anilines is 1. The van der Waals surface area contributed by atoms with Gasteiger partial charge in [-0.05, 0) is 42.8 Å². The maximum absolute atomic E-state index is 11.9. The van der Waals surface area contributed by atoms with Crippen molar-refractivity contribution in [2.45, 2.75) is 6.92 Å². The first-order valence-electron chi connectivity index (χ1n) is 6.69. The highest BCUT2D eigenvalue weighted by atomic mass is 16.1. The predicted molar refractivity (Wildman–Crippen MR) is 85.3 cm³/mol. The van der Waals surface area contributed by atoms with E-state index in [1.807, 2.05) is 6.07 Å². The molecule has 0 heterocycles. The first-order valence-corrected chi connectivity index (χ1v) is 6.69. The lowest BCUT2D eigenvalue weighted by molar-refractivity contribution is -0.111. The van der Waals surface area contributed by atoms with Gasteiger partial charge in [0, 0.05) is 17.3 Å². The molecule has 2 aromatic carbocycles. The molecule has 0 saturated heterocycles. The summed E-state index contributed by atoms with van der Waals surface area (Å²) in [7, 11) is 0. The first-order chi connectivity index (χ1) is 10.6. The molecule has 0 unspecified atom stereocenters. The van der Waals surface area contributed by atoms with Crippen molar-refractivity contribution in [2.24, 2.45) is 0 Å². The summed E-state index contributed by atoms with van der Waals surface area (Å²) in [6.07, 6.45) is 3.06. The van der Waals surface area contributed by atoms with Gasteiger partial charge in [0.25, 0.3) is 0 Å². The van der Waals surface area contributed by atoms with Crippen molar-refractivity contribution >= 4 is 23.5 Å². The normalized spacial score (nSPS) is 10.2. The number of carbonyl (C=O) groups excluding carboxylic acids is 2.